The number of hydrogen-bond donors (Lipinski definition) is 1. The summed E-state index contributed by atoms with van der Waals surface area (Å²) in [5.41, 5.74) is 4.15. The van der Waals surface area contributed by atoms with E-state index in [1.165, 1.54) is 11.8 Å². The van der Waals surface area contributed by atoms with Crippen LogP contribution in [0, 0.1) is 0 Å². The summed E-state index contributed by atoms with van der Waals surface area (Å²) in [5, 5.41) is 6.80. The first-order valence-electron chi connectivity index (χ1n) is 10.9. The van der Waals surface area contributed by atoms with E-state index in [2.05, 4.69) is 40.6 Å². The lowest BCUT2D eigenvalue weighted by atomic mass is 10.0. The molecule has 1 N–H and O–H groups in total. The Hall–Kier alpha value is -2.90. The first kappa shape index (κ1) is 23.3. The van der Waals surface area contributed by atoms with Crippen molar-refractivity contribution in [2.45, 2.75) is 43.4 Å². The van der Waals surface area contributed by atoms with Crippen molar-refractivity contribution in [3.63, 3.8) is 0 Å². The van der Waals surface area contributed by atoms with Gasteiger partial charge in [0.2, 0.25) is 5.91 Å². The number of fused-ring (bicyclic) bond motifs is 1. The molecule has 0 radical (unpaired) electrons. The van der Waals surface area contributed by atoms with Crippen LogP contribution < -0.4 is 10.1 Å². The predicted molar refractivity (Wildman–Crippen MR) is 138 cm³/mol. The second-order valence-electron chi connectivity index (χ2n) is 7.98. The Labute approximate surface area is 202 Å². The van der Waals surface area contributed by atoms with Gasteiger partial charge in [-0.05, 0) is 41.7 Å². The minimum atomic E-state index is -0.271. The Morgan fingerprint density at radius 3 is 2.58 bits per heavy atom. The third-order valence-corrected chi connectivity index (χ3v) is 7.75. The number of methoxy groups -OCH3 is 1. The normalized spacial score (nSPS) is 12.2. The Bertz CT molecular complexity index is 1250. The first-order chi connectivity index (χ1) is 16.0. The van der Waals surface area contributed by atoms with Crippen molar-refractivity contribution < 1.29 is 9.53 Å². The number of thiophene rings is 1. The van der Waals surface area contributed by atoms with Crippen molar-refractivity contribution in [1.29, 1.82) is 0 Å². The standard InChI is InChI=1S/C26H27N3O2S2/c1-5-22(24(30)29-21-9-7-6-8-19(21)16(2)3)33-26-23-20(14-32-25(23)27-15-28-26)17-10-12-18(31-4)13-11-17/h6-16,22H,5H2,1-4H3,(H,29,30). The van der Waals surface area contributed by atoms with E-state index in [0.29, 0.717) is 12.3 Å². The molecule has 7 heteroatoms. The minimum absolute atomic E-state index is 0.0106. The summed E-state index contributed by atoms with van der Waals surface area (Å²) in [7, 11) is 1.66. The maximum atomic E-state index is 13.2. The molecular weight excluding hydrogens is 450 g/mol. The van der Waals surface area contributed by atoms with E-state index >= 15 is 0 Å². The summed E-state index contributed by atoms with van der Waals surface area (Å²) >= 11 is 3.09. The summed E-state index contributed by atoms with van der Waals surface area (Å²) < 4.78 is 5.29. The van der Waals surface area contributed by atoms with Crippen LogP contribution in [-0.2, 0) is 4.79 Å². The third-order valence-electron chi connectivity index (χ3n) is 5.49. The maximum absolute atomic E-state index is 13.2. The minimum Gasteiger partial charge on any atom is -0.497 e. The molecule has 0 aliphatic carbocycles. The zero-order valence-electron chi connectivity index (χ0n) is 19.2. The summed E-state index contributed by atoms with van der Waals surface area (Å²) in [5.74, 6) is 1.13. The van der Waals surface area contributed by atoms with E-state index < -0.39 is 0 Å². The third kappa shape index (κ3) is 5.04. The number of aromatic nitrogens is 2. The number of nitrogens with one attached hydrogen (secondary N) is 1. The van der Waals surface area contributed by atoms with Crippen LogP contribution in [0.5, 0.6) is 5.75 Å². The summed E-state index contributed by atoms with van der Waals surface area (Å²) in [4.78, 5) is 23.2. The molecule has 0 fully saturated rings. The number of carbonyl (C=O) groups is 1. The highest BCUT2D eigenvalue weighted by atomic mass is 32.2. The zero-order valence-corrected chi connectivity index (χ0v) is 20.8. The highest BCUT2D eigenvalue weighted by molar-refractivity contribution is 8.00. The number of anilines is 1. The molecule has 5 nitrogen and oxygen atoms in total. The van der Waals surface area contributed by atoms with Gasteiger partial charge in [0, 0.05) is 16.6 Å². The van der Waals surface area contributed by atoms with E-state index in [4.69, 9.17) is 4.74 Å². The van der Waals surface area contributed by atoms with Gasteiger partial charge in [-0.15, -0.1) is 11.3 Å². The molecule has 4 rings (SSSR count). The van der Waals surface area contributed by atoms with Gasteiger partial charge in [0.1, 0.15) is 21.9 Å². The number of amides is 1. The van der Waals surface area contributed by atoms with E-state index in [0.717, 1.165) is 43.4 Å². The molecule has 170 valence electrons. The Morgan fingerprint density at radius 1 is 1.12 bits per heavy atom. The monoisotopic (exact) mass is 477 g/mol. The molecule has 0 bridgehead atoms. The average Bonchev–Trinajstić information content (AvgIpc) is 3.27. The number of hydrogen-bond acceptors (Lipinski definition) is 6. The fraction of sp³-hybridized carbons (Fsp3) is 0.269. The van der Waals surface area contributed by atoms with Crippen molar-refractivity contribution in [1.82, 2.24) is 9.97 Å². The van der Waals surface area contributed by atoms with E-state index in [9.17, 15) is 4.79 Å². The molecule has 2 aromatic carbocycles. The lowest BCUT2D eigenvalue weighted by molar-refractivity contribution is -0.115. The van der Waals surface area contributed by atoms with Gasteiger partial charge in [-0.3, -0.25) is 4.79 Å². The molecule has 1 atom stereocenters. The molecule has 1 amide bonds. The van der Waals surface area contributed by atoms with Crippen molar-refractivity contribution in [3.05, 3.63) is 65.8 Å². The van der Waals surface area contributed by atoms with Crippen LogP contribution in [0.2, 0.25) is 0 Å². The van der Waals surface area contributed by atoms with Crippen LogP contribution in [-0.4, -0.2) is 28.2 Å². The topological polar surface area (TPSA) is 64.1 Å². The van der Waals surface area contributed by atoms with Crippen LogP contribution in [0.3, 0.4) is 0 Å². The number of nitrogens with zero attached hydrogens (tertiary/aromatic N) is 2. The number of benzene rings is 2. The molecule has 0 spiro atoms. The number of para-hydroxylation sites is 1. The highest BCUT2D eigenvalue weighted by Crippen LogP contribution is 2.40. The molecule has 0 aliphatic rings. The van der Waals surface area contributed by atoms with Gasteiger partial charge < -0.3 is 10.1 Å². The lowest BCUT2D eigenvalue weighted by Gasteiger charge is -2.18. The quantitative estimate of drug-likeness (QED) is 0.219. The van der Waals surface area contributed by atoms with Gasteiger partial charge in [0.05, 0.1) is 17.7 Å². The molecule has 1 unspecified atom stereocenters. The Balaban J connectivity index is 1.63. The Kier molecular flexibility index (Phi) is 7.30. The molecule has 2 heterocycles. The summed E-state index contributed by atoms with van der Waals surface area (Å²) in [6.45, 7) is 6.29. The molecule has 33 heavy (non-hydrogen) atoms. The highest BCUT2D eigenvalue weighted by Gasteiger charge is 2.23. The zero-order chi connectivity index (χ0) is 23.4. The van der Waals surface area contributed by atoms with E-state index in [1.54, 1.807) is 24.8 Å². The van der Waals surface area contributed by atoms with Gasteiger partial charge >= 0.3 is 0 Å². The fourth-order valence-corrected chi connectivity index (χ4v) is 5.72. The lowest BCUT2D eigenvalue weighted by Crippen LogP contribution is -2.25. The van der Waals surface area contributed by atoms with Gasteiger partial charge in [0.15, 0.2) is 0 Å². The molecular formula is C26H27N3O2S2. The smallest absolute Gasteiger partial charge is 0.237 e. The number of ether oxygens (including phenoxy) is 1. The van der Waals surface area contributed by atoms with Crippen LogP contribution in [0.1, 0.15) is 38.7 Å². The second-order valence-corrected chi connectivity index (χ2v) is 10.0. The van der Waals surface area contributed by atoms with Gasteiger partial charge in [-0.1, -0.05) is 62.9 Å². The molecule has 0 saturated heterocycles. The van der Waals surface area contributed by atoms with Crippen LogP contribution in [0.4, 0.5) is 5.69 Å². The largest absolute Gasteiger partial charge is 0.497 e. The van der Waals surface area contributed by atoms with Crippen LogP contribution in [0.15, 0.2) is 65.3 Å². The van der Waals surface area contributed by atoms with Crippen molar-refractivity contribution in [2.24, 2.45) is 0 Å². The fourth-order valence-electron chi connectivity index (χ4n) is 3.70. The molecule has 4 aromatic rings. The number of rotatable bonds is 8. The number of carbonyl (C=O) groups excluding carboxylic acids is 1. The van der Waals surface area contributed by atoms with E-state index in [-0.39, 0.29) is 11.2 Å². The van der Waals surface area contributed by atoms with Crippen LogP contribution >= 0.6 is 23.1 Å². The molecule has 2 aromatic heterocycles. The maximum Gasteiger partial charge on any atom is 0.237 e. The summed E-state index contributed by atoms with van der Waals surface area (Å²) in [6, 6.07) is 16.0. The summed E-state index contributed by atoms with van der Waals surface area (Å²) in [6.07, 6.45) is 2.27. The van der Waals surface area contributed by atoms with Gasteiger partial charge in [-0.2, -0.15) is 0 Å². The second kappa shape index (κ2) is 10.4. The first-order valence-corrected chi connectivity index (χ1v) is 12.7. The van der Waals surface area contributed by atoms with Gasteiger partial charge in [-0.25, -0.2) is 9.97 Å². The van der Waals surface area contributed by atoms with E-state index in [1.807, 2.05) is 49.4 Å². The molecule has 0 aliphatic heterocycles. The van der Waals surface area contributed by atoms with Crippen LogP contribution in [0.25, 0.3) is 21.3 Å². The van der Waals surface area contributed by atoms with Gasteiger partial charge in [0.25, 0.3) is 0 Å². The predicted octanol–water partition coefficient (Wildman–Crippen LogP) is 7.00. The molecule has 0 saturated carbocycles. The van der Waals surface area contributed by atoms with Crippen molar-refractivity contribution in [3.8, 4) is 16.9 Å². The Morgan fingerprint density at radius 2 is 1.88 bits per heavy atom. The number of thioether (sulfide) groups is 1. The van der Waals surface area contributed by atoms with Crippen molar-refractivity contribution >= 4 is 44.9 Å². The SMILES string of the molecule is CCC(Sc1ncnc2scc(-c3ccc(OC)cc3)c12)C(=O)Nc1ccccc1C(C)C. The van der Waals surface area contributed by atoms with Crippen molar-refractivity contribution in [2.75, 3.05) is 12.4 Å². The average molecular weight is 478 g/mol.